The molecule has 0 spiro atoms. The van der Waals surface area contributed by atoms with Crippen LogP contribution in [-0.4, -0.2) is 33.0 Å². The predicted molar refractivity (Wildman–Crippen MR) is 94.8 cm³/mol. The van der Waals surface area contributed by atoms with E-state index in [2.05, 4.69) is 10.3 Å². The lowest BCUT2D eigenvalue weighted by Gasteiger charge is -2.11. The van der Waals surface area contributed by atoms with Crippen molar-refractivity contribution in [2.45, 2.75) is 6.92 Å². The van der Waals surface area contributed by atoms with E-state index in [1.807, 2.05) is 0 Å². The molecule has 0 bridgehead atoms. The highest BCUT2D eigenvalue weighted by atomic mass is 19.1. The highest BCUT2D eigenvalue weighted by molar-refractivity contribution is 6.13. The third-order valence-corrected chi connectivity index (χ3v) is 3.83. The number of aromatic carboxylic acids is 2. The van der Waals surface area contributed by atoms with Crippen molar-refractivity contribution in [3.05, 3.63) is 70.7 Å². The van der Waals surface area contributed by atoms with Crippen molar-refractivity contribution in [2.24, 2.45) is 0 Å². The van der Waals surface area contributed by atoms with Gasteiger partial charge in [0.1, 0.15) is 5.82 Å². The van der Waals surface area contributed by atoms with Crippen LogP contribution in [0.15, 0.2) is 42.5 Å². The van der Waals surface area contributed by atoms with E-state index in [-0.39, 0.29) is 27.8 Å². The normalized spacial score (nSPS) is 10.6. The third kappa shape index (κ3) is 3.74. The van der Waals surface area contributed by atoms with Gasteiger partial charge in [0.15, 0.2) is 0 Å². The number of anilines is 1. The fourth-order valence-corrected chi connectivity index (χ4v) is 2.66. The van der Waals surface area contributed by atoms with Crippen molar-refractivity contribution < 1.29 is 29.0 Å². The standard InChI is InChI=1S/C19H13FN2O5/c1-9-4-15(14-8-12(20)2-3-16(14)21-9)17(23)22-13-6-10(18(24)25)5-11(7-13)19(26)27/h2-8H,1H3,(H,22,23)(H,24,25)(H,26,27). The predicted octanol–water partition coefficient (Wildman–Crippen LogP) is 3.33. The first kappa shape index (κ1) is 18.0. The number of nitrogens with one attached hydrogen (secondary N) is 1. The van der Waals surface area contributed by atoms with Gasteiger partial charge < -0.3 is 15.5 Å². The van der Waals surface area contributed by atoms with E-state index in [4.69, 9.17) is 10.2 Å². The summed E-state index contributed by atoms with van der Waals surface area (Å²) in [4.78, 5) is 39.3. The van der Waals surface area contributed by atoms with Crippen LogP contribution in [0.3, 0.4) is 0 Å². The summed E-state index contributed by atoms with van der Waals surface area (Å²) in [5.41, 5.74) is 0.516. The molecule has 3 aromatic rings. The lowest BCUT2D eigenvalue weighted by Crippen LogP contribution is -2.14. The van der Waals surface area contributed by atoms with Gasteiger partial charge in [0, 0.05) is 16.8 Å². The van der Waals surface area contributed by atoms with Crippen LogP contribution < -0.4 is 5.32 Å². The number of halogens is 1. The Balaban J connectivity index is 2.06. The average Bonchev–Trinajstić information content (AvgIpc) is 2.61. The Kier molecular flexibility index (Phi) is 4.55. The third-order valence-electron chi connectivity index (χ3n) is 3.83. The molecule has 0 aliphatic carbocycles. The minimum absolute atomic E-state index is 0.00341. The summed E-state index contributed by atoms with van der Waals surface area (Å²) in [6.45, 7) is 1.67. The molecular weight excluding hydrogens is 355 g/mol. The molecule has 0 aliphatic heterocycles. The number of fused-ring (bicyclic) bond motifs is 1. The largest absolute Gasteiger partial charge is 0.478 e. The molecule has 136 valence electrons. The summed E-state index contributed by atoms with van der Waals surface area (Å²) < 4.78 is 13.6. The molecule has 3 N–H and O–H groups in total. The van der Waals surface area contributed by atoms with Gasteiger partial charge in [0.25, 0.3) is 5.91 Å². The second kappa shape index (κ2) is 6.83. The molecule has 0 atom stereocenters. The molecular formula is C19H13FN2O5. The van der Waals surface area contributed by atoms with Crippen molar-refractivity contribution >= 4 is 34.4 Å². The highest BCUT2D eigenvalue weighted by Gasteiger charge is 2.16. The topological polar surface area (TPSA) is 117 Å². The zero-order valence-electron chi connectivity index (χ0n) is 14.0. The number of carboxylic acids is 2. The average molecular weight is 368 g/mol. The number of carbonyl (C=O) groups excluding carboxylic acids is 1. The van der Waals surface area contributed by atoms with Crippen LogP contribution in [0, 0.1) is 12.7 Å². The van der Waals surface area contributed by atoms with Crippen molar-refractivity contribution in [1.82, 2.24) is 4.98 Å². The molecule has 1 aromatic heterocycles. The van der Waals surface area contributed by atoms with Gasteiger partial charge in [-0.05, 0) is 49.4 Å². The quantitative estimate of drug-likeness (QED) is 0.650. The molecule has 27 heavy (non-hydrogen) atoms. The maximum absolute atomic E-state index is 13.6. The molecule has 1 amide bonds. The zero-order chi connectivity index (χ0) is 19.7. The van der Waals surface area contributed by atoms with Gasteiger partial charge in [-0.3, -0.25) is 9.78 Å². The van der Waals surface area contributed by atoms with Gasteiger partial charge in [-0.15, -0.1) is 0 Å². The number of carboxylic acid groups (broad SMARTS) is 2. The van der Waals surface area contributed by atoms with E-state index in [0.717, 1.165) is 18.2 Å². The second-order valence-electron chi connectivity index (χ2n) is 5.84. The first-order chi connectivity index (χ1) is 12.7. The number of aromatic nitrogens is 1. The van der Waals surface area contributed by atoms with Crippen molar-refractivity contribution in [3.63, 3.8) is 0 Å². The zero-order valence-corrected chi connectivity index (χ0v) is 14.0. The van der Waals surface area contributed by atoms with E-state index in [0.29, 0.717) is 11.2 Å². The van der Waals surface area contributed by atoms with E-state index >= 15 is 0 Å². The lowest BCUT2D eigenvalue weighted by molar-refractivity contribution is 0.0696. The molecule has 0 unspecified atom stereocenters. The van der Waals surface area contributed by atoms with E-state index < -0.39 is 23.7 Å². The van der Waals surface area contributed by atoms with Crippen LogP contribution in [0.4, 0.5) is 10.1 Å². The highest BCUT2D eigenvalue weighted by Crippen LogP contribution is 2.22. The molecule has 0 saturated heterocycles. The van der Waals surface area contributed by atoms with Crippen LogP contribution in [0.1, 0.15) is 36.8 Å². The van der Waals surface area contributed by atoms with Crippen molar-refractivity contribution in [1.29, 1.82) is 0 Å². The SMILES string of the molecule is Cc1cc(C(=O)Nc2cc(C(=O)O)cc(C(=O)O)c2)c2cc(F)ccc2n1. The number of hydrogen-bond donors (Lipinski definition) is 3. The van der Waals surface area contributed by atoms with Crippen molar-refractivity contribution in [2.75, 3.05) is 5.32 Å². The maximum atomic E-state index is 13.6. The molecule has 0 saturated carbocycles. The van der Waals surface area contributed by atoms with Gasteiger partial charge in [-0.1, -0.05) is 0 Å². The Labute approximate surface area is 152 Å². The number of rotatable bonds is 4. The minimum atomic E-state index is -1.33. The number of amides is 1. The molecule has 0 fully saturated rings. The van der Waals surface area contributed by atoms with Crippen LogP contribution in [-0.2, 0) is 0 Å². The Morgan fingerprint density at radius 1 is 0.963 bits per heavy atom. The molecule has 1 heterocycles. The maximum Gasteiger partial charge on any atom is 0.335 e. The fourth-order valence-electron chi connectivity index (χ4n) is 2.66. The Morgan fingerprint density at radius 2 is 1.59 bits per heavy atom. The second-order valence-corrected chi connectivity index (χ2v) is 5.84. The van der Waals surface area contributed by atoms with Gasteiger partial charge >= 0.3 is 11.9 Å². The smallest absolute Gasteiger partial charge is 0.335 e. The van der Waals surface area contributed by atoms with Crippen LogP contribution in [0.5, 0.6) is 0 Å². The fraction of sp³-hybridized carbons (Fsp3) is 0.0526. The molecule has 8 heteroatoms. The summed E-state index contributed by atoms with van der Waals surface area (Å²) in [6.07, 6.45) is 0. The van der Waals surface area contributed by atoms with Crippen LogP contribution in [0.25, 0.3) is 10.9 Å². The Bertz CT molecular complexity index is 1080. The minimum Gasteiger partial charge on any atom is -0.478 e. The van der Waals surface area contributed by atoms with Gasteiger partial charge in [-0.2, -0.15) is 0 Å². The molecule has 3 rings (SSSR count). The van der Waals surface area contributed by atoms with E-state index in [1.165, 1.54) is 24.3 Å². The summed E-state index contributed by atoms with van der Waals surface area (Å²) in [6, 6.07) is 8.59. The first-order valence-corrected chi connectivity index (χ1v) is 7.74. The number of benzene rings is 2. The number of aryl methyl sites for hydroxylation is 1. The molecule has 0 aliphatic rings. The Morgan fingerprint density at radius 3 is 2.19 bits per heavy atom. The summed E-state index contributed by atoms with van der Waals surface area (Å²) in [5.74, 6) is -3.85. The lowest BCUT2D eigenvalue weighted by atomic mass is 10.1. The van der Waals surface area contributed by atoms with Gasteiger partial charge in [0.2, 0.25) is 0 Å². The number of nitrogens with zero attached hydrogens (tertiary/aromatic N) is 1. The summed E-state index contributed by atoms with van der Waals surface area (Å²) in [7, 11) is 0. The number of pyridine rings is 1. The first-order valence-electron chi connectivity index (χ1n) is 7.74. The number of hydrogen-bond acceptors (Lipinski definition) is 4. The van der Waals surface area contributed by atoms with Crippen LogP contribution >= 0.6 is 0 Å². The van der Waals surface area contributed by atoms with E-state index in [1.54, 1.807) is 6.92 Å². The van der Waals surface area contributed by atoms with E-state index in [9.17, 15) is 18.8 Å². The van der Waals surface area contributed by atoms with Gasteiger partial charge in [-0.25, -0.2) is 14.0 Å². The van der Waals surface area contributed by atoms with Crippen LogP contribution in [0.2, 0.25) is 0 Å². The van der Waals surface area contributed by atoms with Gasteiger partial charge in [0.05, 0.1) is 22.2 Å². The summed E-state index contributed by atoms with van der Waals surface area (Å²) >= 11 is 0. The Hall–Kier alpha value is -3.81. The number of carbonyl (C=O) groups is 3. The monoisotopic (exact) mass is 368 g/mol. The molecule has 0 radical (unpaired) electrons. The molecule has 2 aromatic carbocycles. The molecule has 7 nitrogen and oxygen atoms in total. The van der Waals surface area contributed by atoms with Crippen molar-refractivity contribution in [3.8, 4) is 0 Å². The summed E-state index contributed by atoms with van der Waals surface area (Å²) in [5, 5.41) is 21.0.